The Bertz CT molecular complexity index is 318. The standard InChI is InChI=1S/C10H17F3N2O3/c1-5-18-8(17)9(10(11,12)13,14-6(2)3)15-7(4)16/h6,14H,5H2,1-4H3,(H,15,16)/t9-/m0/s1. The van der Waals surface area contributed by atoms with Gasteiger partial charge in [-0.3, -0.25) is 10.1 Å². The fourth-order valence-electron chi connectivity index (χ4n) is 1.35. The minimum atomic E-state index is -5.02. The SMILES string of the molecule is CCOC(=O)[C@@](NC(C)=O)(NC(C)C)C(F)(F)F. The molecule has 0 aliphatic heterocycles. The van der Waals surface area contributed by atoms with Gasteiger partial charge in [-0.15, -0.1) is 0 Å². The monoisotopic (exact) mass is 270 g/mol. The van der Waals surface area contributed by atoms with Crippen molar-refractivity contribution < 1.29 is 27.5 Å². The molecular weight excluding hydrogens is 253 g/mol. The van der Waals surface area contributed by atoms with E-state index in [2.05, 4.69) is 4.74 Å². The van der Waals surface area contributed by atoms with E-state index in [1.807, 2.05) is 5.32 Å². The van der Waals surface area contributed by atoms with Gasteiger partial charge in [-0.2, -0.15) is 13.2 Å². The van der Waals surface area contributed by atoms with Gasteiger partial charge in [-0.25, -0.2) is 4.79 Å². The van der Waals surface area contributed by atoms with Gasteiger partial charge >= 0.3 is 12.1 Å². The van der Waals surface area contributed by atoms with Gasteiger partial charge in [0.15, 0.2) is 0 Å². The summed E-state index contributed by atoms with van der Waals surface area (Å²) in [6.07, 6.45) is -5.02. The van der Waals surface area contributed by atoms with Gasteiger partial charge in [-0.05, 0) is 20.8 Å². The zero-order chi connectivity index (χ0) is 14.6. The van der Waals surface area contributed by atoms with E-state index in [0.29, 0.717) is 0 Å². The van der Waals surface area contributed by atoms with Crippen LogP contribution in [-0.4, -0.2) is 36.4 Å². The first-order chi connectivity index (χ1) is 8.06. The minimum Gasteiger partial charge on any atom is -0.463 e. The van der Waals surface area contributed by atoms with E-state index in [4.69, 9.17) is 0 Å². The summed E-state index contributed by atoms with van der Waals surface area (Å²) in [4.78, 5) is 22.5. The maximum Gasteiger partial charge on any atom is 0.436 e. The summed E-state index contributed by atoms with van der Waals surface area (Å²) in [5.74, 6) is -2.57. The number of carbonyl (C=O) groups excluding carboxylic acids is 2. The number of amides is 1. The predicted octanol–water partition coefficient (Wildman–Crippen LogP) is 0.942. The molecule has 0 aromatic carbocycles. The van der Waals surface area contributed by atoms with Crippen molar-refractivity contribution in [1.29, 1.82) is 0 Å². The number of nitrogens with one attached hydrogen (secondary N) is 2. The van der Waals surface area contributed by atoms with E-state index in [9.17, 15) is 22.8 Å². The second-order valence-corrected chi connectivity index (χ2v) is 3.95. The molecule has 0 heterocycles. The molecule has 106 valence electrons. The third-order valence-corrected chi connectivity index (χ3v) is 1.88. The van der Waals surface area contributed by atoms with Crippen LogP contribution >= 0.6 is 0 Å². The van der Waals surface area contributed by atoms with Gasteiger partial charge in [0.2, 0.25) is 5.91 Å². The lowest BCUT2D eigenvalue weighted by atomic mass is 10.1. The summed E-state index contributed by atoms with van der Waals surface area (Å²) in [5, 5.41) is 3.62. The van der Waals surface area contributed by atoms with Gasteiger partial charge in [0.1, 0.15) is 0 Å². The van der Waals surface area contributed by atoms with Gasteiger partial charge in [-0.1, -0.05) is 0 Å². The van der Waals surface area contributed by atoms with Crippen molar-refractivity contribution in [2.45, 2.75) is 45.6 Å². The quantitative estimate of drug-likeness (QED) is 0.576. The van der Waals surface area contributed by atoms with E-state index < -0.39 is 29.8 Å². The molecule has 0 rings (SSSR count). The van der Waals surface area contributed by atoms with Crippen molar-refractivity contribution in [3.8, 4) is 0 Å². The average molecular weight is 270 g/mol. The largest absolute Gasteiger partial charge is 0.463 e. The van der Waals surface area contributed by atoms with E-state index >= 15 is 0 Å². The van der Waals surface area contributed by atoms with E-state index in [1.54, 1.807) is 5.32 Å². The first-order valence-corrected chi connectivity index (χ1v) is 5.37. The van der Waals surface area contributed by atoms with Crippen LogP contribution in [0.2, 0.25) is 0 Å². The van der Waals surface area contributed by atoms with Crippen LogP contribution in [-0.2, 0) is 14.3 Å². The molecule has 0 aromatic heterocycles. The van der Waals surface area contributed by atoms with Crippen LogP contribution < -0.4 is 10.6 Å². The lowest BCUT2D eigenvalue weighted by Gasteiger charge is -2.35. The number of halogens is 3. The molecule has 8 heteroatoms. The Morgan fingerprint density at radius 2 is 1.78 bits per heavy atom. The molecule has 0 radical (unpaired) electrons. The normalized spacial score (nSPS) is 15.1. The zero-order valence-electron chi connectivity index (χ0n) is 10.6. The van der Waals surface area contributed by atoms with Gasteiger partial charge in [0.05, 0.1) is 6.61 Å². The van der Waals surface area contributed by atoms with E-state index in [-0.39, 0.29) is 6.61 Å². The highest BCUT2D eigenvalue weighted by Gasteiger charge is 2.63. The lowest BCUT2D eigenvalue weighted by molar-refractivity contribution is -0.222. The highest BCUT2D eigenvalue weighted by Crippen LogP contribution is 2.30. The predicted molar refractivity (Wildman–Crippen MR) is 57.5 cm³/mol. The molecule has 1 atom stereocenters. The Balaban J connectivity index is 5.54. The van der Waals surface area contributed by atoms with Crippen LogP contribution in [0.3, 0.4) is 0 Å². The van der Waals surface area contributed by atoms with Crippen LogP contribution in [0.5, 0.6) is 0 Å². The number of ether oxygens (including phenoxy) is 1. The molecule has 1 amide bonds. The van der Waals surface area contributed by atoms with Crippen molar-refractivity contribution in [1.82, 2.24) is 10.6 Å². The molecule has 0 fully saturated rings. The van der Waals surface area contributed by atoms with Crippen LogP contribution in [0.15, 0.2) is 0 Å². The number of hydrogen-bond donors (Lipinski definition) is 2. The molecule has 0 saturated heterocycles. The molecule has 0 aromatic rings. The fourth-order valence-corrected chi connectivity index (χ4v) is 1.35. The Morgan fingerprint density at radius 1 is 1.28 bits per heavy atom. The number of hydrogen-bond acceptors (Lipinski definition) is 4. The highest BCUT2D eigenvalue weighted by atomic mass is 19.4. The minimum absolute atomic E-state index is 0.226. The Labute approximate surface area is 103 Å². The van der Waals surface area contributed by atoms with Crippen molar-refractivity contribution in [2.75, 3.05) is 6.61 Å². The molecule has 5 nitrogen and oxygen atoms in total. The van der Waals surface area contributed by atoms with Crippen LogP contribution in [0.1, 0.15) is 27.7 Å². The molecule has 0 aliphatic carbocycles. The molecule has 0 bridgehead atoms. The summed E-state index contributed by atoms with van der Waals surface area (Å²) >= 11 is 0. The fraction of sp³-hybridized carbons (Fsp3) is 0.800. The summed E-state index contributed by atoms with van der Waals surface area (Å²) in [5.41, 5.74) is -3.22. The van der Waals surface area contributed by atoms with Crippen molar-refractivity contribution in [3.63, 3.8) is 0 Å². The summed E-state index contributed by atoms with van der Waals surface area (Å²) < 4.78 is 43.7. The zero-order valence-corrected chi connectivity index (χ0v) is 10.6. The highest BCUT2D eigenvalue weighted by molar-refractivity contribution is 5.87. The molecule has 0 unspecified atom stereocenters. The molecule has 18 heavy (non-hydrogen) atoms. The summed E-state index contributed by atoms with van der Waals surface area (Å²) in [6.45, 7) is 4.88. The molecular formula is C10H17F3N2O3. The summed E-state index contributed by atoms with van der Waals surface area (Å²) in [6, 6.07) is -0.692. The van der Waals surface area contributed by atoms with Crippen molar-refractivity contribution >= 4 is 11.9 Å². The Kier molecular flexibility index (Phi) is 5.59. The van der Waals surface area contributed by atoms with Crippen LogP contribution in [0, 0.1) is 0 Å². The maximum atomic E-state index is 13.1. The van der Waals surface area contributed by atoms with E-state index in [0.717, 1.165) is 6.92 Å². The van der Waals surface area contributed by atoms with Crippen molar-refractivity contribution in [3.05, 3.63) is 0 Å². The lowest BCUT2D eigenvalue weighted by Crippen LogP contribution is -2.73. The van der Waals surface area contributed by atoms with Gasteiger partial charge in [0, 0.05) is 13.0 Å². The molecule has 0 saturated carbocycles. The van der Waals surface area contributed by atoms with Crippen LogP contribution in [0.25, 0.3) is 0 Å². The van der Waals surface area contributed by atoms with Gasteiger partial charge < -0.3 is 10.1 Å². The Hall–Kier alpha value is -1.31. The Morgan fingerprint density at radius 3 is 2.06 bits per heavy atom. The van der Waals surface area contributed by atoms with E-state index in [1.165, 1.54) is 20.8 Å². The maximum absolute atomic E-state index is 13.1. The number of alkyl halides is 3. The first-order valence-electron chi connectivity index (χ1n) is 5.37. The number of carbonyl (C=O) groups is 2. The molecule has 0 aliphatic rings. The third-order valence-electron chi connectivity index (χ3n) is 1.88. The second-order valence-electron chi connectivity index (χ2n) is 3.95. The van der Waals surface area contributed by atoms with Crippen LogP contribution in [0.4, 0.5) is 13.2 Å². The third kappa shape index (κ3) is 3.86. The summed E-state index contributed by atoms with van der Waals surface area (Å²) in [7, 11) is 0. The second kappa shape index (κ2) is 6.03. The topological polar surface area (TPSA) is 67.4 Å². The van der Waals surface area contributed by atoms with Gasteiger partial charge in [0.25, 0.3) is 5.66 Å². The smallest absolute Gasteiger partial charge is 0.436 e. The number of esters is 1. The first kappa shape index (κ1) is 16.7. The average Bonchev–Trinajstić information content (AvgIpc) is 2.13. The van der Waals surface area contributed by atoms with Crippen molar-refractivity contribution in [2.24, 2.45) is 0 Å². The number of rotatable bonds is 5. The molecule has 2 N–H and O–H groups in total. The molecule has 0 spiro atoms.